The Hall–Kier alpha value is -2.80. The van der Waals surface area contributed by atoms with Crippen LogP contribution >= 0.6 is 23.2 Å². The van der Waals surface area contributed by atoms with Gasteiger partial charge in [0.1, 0.15) is 5.82 Å². The summed E-state index contributed by atoms with van der Waals surface area (Å²) in [6.45, 7) is 2.52. The highest BCUT2D eigenvalue weighted by Gasteiger charge is 2.40. The van der Waals surface area contributed by atoms with Gasteiger partial charge in [0.15, 0.2) is 0 Å². The zero-order valence-corrected chi connectivity index (χ0v) is 19.9. The molecule has 5 rings (SSSR count). The van der Waals surface area contributed by atoms with E-state index >= 15 is 0 Å². The Balaban J connectivity index is 1.57. The summed E-state index contributed by atoms with van der Waals surface area (Å²) in [5.41, 5.74) is 3.13. The first-order valence-electron chi connectivity index (χ1n) is 11.2. The highest BCUT2D eigenvalue weighted by atomic mass is 35.5. The lowest BCUT2D eigenvalue weighted by molar-refractivity contribution is 0.0303. The van der Waals surface area contributed by atoms with Crippen molar-refractivity contribution in [2.75, 3.05) is 43.5 Å². The van der Waals surface area contributed by atoms with Gasteiger partial charge in [0, 0.05) is 47.4 Å². The molecule has 0 aliphatic carbocycles. The third-order valence-electron chi connectivity index (χ3n) is 6.36. The van der Waals surface area contributed by atoms with Gasteiger partial charge in [-0.25, -0.2) is 4.39 Å². The van der Waals surface area contributed by atoms with Gasteiger partial charge in [0.05, 0.1) is 30.0 Å². The van der Waals surface area contributed by atoms with Crippen LogP contribution in [0, 0.1) is 5.82 Å². The number of halogens is 3. The molecule has 1 atom stereocenters. The lowest BCUT2D eigenvalue weighted by Crippen LogP contribution is -2.43. The number of amides is 1. The highest BCUT2D eigenvalue weighted by molar-refractivity contribution is 6.31. The van der Waals surface area contributed by atoms with E-state index in [1.807, 2.05) is 42.5 Å². The van der Waals surface area contributed by atoms with Crippen molar-refractivity contribution in [3.63, 3.8) is 0 Å². The van der Waals surface area contributed by atoms with Crippen LogP contribution in [0.4, 0.5) is 15.8 Å². The van der Waals surface area contributed by atoms with Crippen LogP contribution in [-0.2, 0) is 16.7 Å². The van der Waals surface area contributed by atoms with Crippen LogP contribution in [0.15, 0.2) is 60.7 Å². The van der Waals surface area contributed by atoms with Gasteiger partial charge in [-0.3, -0.25) is 4.79 Å². The van der Waals surface area contributed by atoms with E-state index in [1.54, 1.807) is 11.0 Å². The van der Waals surface area contributed by atoms with Crippen molar-refractivity contribution in [3.8, 4) is 0 Å². The fraction of sp³-hybridized carbons (Fsp3) is 0.269. The number of hydrogen-bond acceptors (Lipinski definition) is 4. The molecule has 3 aromatic carbocycles. The summed E-state index contributed by atoms with van der Waals surface area (Å²) in [5.74, 6) is -0.563. The van der Waals surface area contributed by atoms with Crippen LogP contribution in [-0.4, -0.2) is 43.7 Å². The van der Waals surface area contributed by atoms with E-state index in [0.29, 0.717) is 60.6 Å². The Morgan fingerprint density at radius 2 is 1.85 bits per heavy atom. The predicted octanol–water partition coefficient (Wildman–Crippen LogP) is 5.58. The summed E-state index contributed by atoms with van der Waals surface area (Å²) in [4.78, 5) is 15.1. The first-order chi connectivity index (χ1) is 16.4. The predicted molar refractivity (Wildman–Crippen MR) is 134 cm³/mol. The topological polar surface area (TPSA) is 53.6 Å². The molecule has 1 saturated heterocycles. The van der Waals surface area contributed by atoms with E-state index < -0.39 is 11.4 Å². The van der Waals surface area contributed by atoms with Crippen LogP contribution in [0.2, 0.25) is 10.0 Å². The van der Waals surface area contributed by atoms with E-state index in [0.717, 1.165) is 16.8 Å². The average molecular weight is 500 g/mol. The standard InChI is InChI=1S/C26H24Cl2FN3O2/c27-18-3-1-2-17(12-18)15-26(16-30-24-13-19(28)4-7-22(24)26)31-23-14-20(29)5-6-21(23)25(33)32-8-10-34-11-9-32/h1-7,12-14,30-31H,8-11,15-16H2. The molecule has 3 aromatic rings. The minimum atomic E-state index is -0.654. The van der Waals surface area contributed by atoms with Crippen molar-refractivity contribution in [2.24, 2.45) is 0 Å². The van der Waals surface area contributed by atoms with Gasteiger partial charge >= 0.3 is 0 Å². The minimum absolute atomic E-state index is 0.147. The van der Waals surface area contributed by atoms with Crippen molar-refractivity contribution in [2.45, 2.75) is 12.0 Å². The monoisotopic (exact) mass is 499 g/mol. The number of carbonyl (C=O) groups is 1. The van der Waals surface area contributed by atoms with Gasteiger partial charge < -0.3 is 20.3 Å². The summed E-state index contributed by atoms with van der Waals surface area (Å²) in [7, 11) is 0. The molecule has 176 valence electrons. The zero-order valence-electron chi connectivity index (χ0n) is 18.4. The van der Waals surface area contributed by atoms with Gasteiger partial charge in [-0.2, -0.15) is 0 Å². The van der Waals surface area contributed by atoms with Crippen molar-refractivity contribution >= 4 is 40.5 Å². The molecular formula is C26H24Cl2FN3O2. The van der Waals surface area contributed by atoms with Crippen LogP contribution in [0.1, 0.15) is 21.5 Å². The molecular weight excluding hydrogens is 476 g/mol. The summed E-state index contributed by atoms with van der Waals surface area (Å²) < 4.78 is 19.8. The van der Waals surface area contributed by atoms with E-state index in [1.165, 1.54) is 12.1 Å². The summed E-state index contributed by atoms with van der Waals surface area (Å²) >= 11 is 12.5. The molecule has 34 heavy (non-hydrogen) atoms. The third kappa shape index (κ3) is 4.58. The van der Waals surface area contributed by atoms with Crippen molar-refractivity contribution in [1.29, 1.82) is 0 Å². The number of ether oxygens (including phenoxy) is 1. The molecule has 1 unspecified atom stereocenters. The van der Waals surface area contributed by atoms with Gasteiger partial charge in [0.25, 0.3) is 5.91 Å². The van der Waals surface area contributed by atoms with E-state index in [9.17, 15) is 9.18 Å². The molecule has 1 amide bonds. The van der Waals surface area contributed by atoms with Gasteiger partial charge in [-0.15, -0.1) is 0 Å². The molecule has 0 bridgehead atoms. The van der Waals surface area contributed by atoms with Crippen LogP contribution in [0.5, 0.6) is 0 Å². The van der Waals surface area contributed by atoms with Crippen molar-refractivity contribution in [1.82, 2.24) is 4.90 Å². The fourth-order valence-electron chi connectivity index (χ4n) is 4.73. The Bertz CT molecular complexity index is 1230. The van der Waals surface area contributed by atoms with Gasteiger partial charge in [0.2, 0.25) is 0 Å². The Morgan fingerprint density at radius 3 is 2.65 bits per heavy atom. The van der Waals surface area contributed by atoms with Crippen molar-refractivity contribution in [3.05, 3.63) is 93.2 Å². The molecule has 2 heterocycles. The lowest BCUT2D eigenvalue weighted by Gasteiger charge is -2.34. The van der Waals surface area contributed by atoms with E-state index in [2.05, 4.69) is 10.6 Å². The zero-order chi connectivity index (χ0) is 23.7. The smallest absolute Gasteiger partial charge is 0.256 e. The second-order valence-electron chi connectivity index (χ2n) is 8.65. The minimum Gasteiger partial charge on any atom is -0.382 e. The largest absolute Gasteiger partial charge is 0.382 e. The van der Waals surface area contributed by atoms with Crippen LogP contribution < -0.4 is 10.6 Å². The normalized spacial score (nSPS) is 19.4. The Morgan fingerprint density at radius 1 is 1.06 bits per heavy atom. The fourth-order valence-corrected chi connectivity index (χ4v) is 5.12. The second-order valence-corrected chi connectivity index (χ2v) is 9.52. The molecule has 2 N–H and O–H groups in total. The molecule has 0 saturated carbocycles. The maximum absolute atomic E-state index is 14.4. The Kier molecular flexibility index (Phi) is 6.38. The summed E-state index contributed by atoms with van der Waals surface area (Å²) in [5, 5.41) is 8.25. The van der Waals surface area contributed by atoms with Gasteiger partial charge in [-0.05, 0) is 48.0 Å². The summed E-state index contributed by atoms with van der Waals surface area (Å²) in [6, 6.07) is 17.6. The molecule has 0 aromatic heterocycles. The SMILES string of the molecule is O=C(c1ccc(F)cc1NC1(Cc2cccc(Cl)c2)CNc2cc(Cl)ccc21)N1CCOCC1. The summed E-state index contributed by atoms with van der Waals surface area (Å²) in [6.07, 6.45) is 0.566. The maximum Gasteiger partial charge on any atom is 0.256 e. The first-order valence-corrected chi connectivity index (χ1v) is 11.9. The molecule has 0 spiro atoms. The third-order valence-corrected chi connectivity index (χ3v) is 6.83. The number of rotatable bonds is 5. The number of nitrogens with zero attached hydrogens (tertiary/aromatic N) is 1. The number of nitrogens with one attached hydrogen (secondary N) is 2. The number of benzene rings is 3. The number of fused-ring (bicyclic) bond motifs is 1. The number of hydrogen-bond donors (Lipinski definition) is 2. The number of anilines is 2. The number of morpholine rings is 1. The first kappa shape index (κ1) is 23.0. The Labute approximate surface area is 207 Å². The van der Waals surface area contributed by atoms with E-state index in [-0.39, 0.29) is 5.91 Å². The number of carbonyl (C=O) groups excluding carboxylic acids is 1. The van der Waals surface area contributed by atoms with E-state index in [4.69, 9.17) is 27.9 Å². The van der Waals surface area contributed by atoms with Crippen LogP contribution in [0.3, 0.4) is 0 Å². The highest BCUT2D eigenvalue weighted by Crippen LogP contribution is 2.42. The van der Waals surface area contributed by atoms with Gasteiger partial charge in [-0.1, -0.05) is 41.4 Å². The molecule has 0 radical (unpaired) electrons. The molecule has 2 aliphatic heterocycles. The molecule has 2 aliphatic rings. The van der Waals surface area contributed by atoms with Crippen molar-refractivity contribution < 1.29 is 13.9 Å². The lowest BCUT2D eigenvalue weighted by atomic mass is 9.84. The average Bonchev–Trinajstić information content (AvgIpc) is 3.16. The molecule has 1 fully saturated rings. The molecule has 8 heteroatoms. The quantitative estimate of drug-likeness (QED) is 0.481. The van der Waals surface area contributed by atoms with Crippen LogP contribution in [0.25, 0.3) is 0 Å². The maximum atomic E-state index is 14.4. The molecule has 5 nitrogen and oxygen atoms in total. The second kappa shape index (κ2) is 9.45.